The Morgan fingerprint density at radius 3 is 2.00 bits per heavy atom. The number of benzene rings is 5. The van der Waals surface area contributed by atoms with Crippen LogP contribution in [-0.4, -0.2) is 5.97 Å². The molecule has 2 N–H and O–H groups in total. The summed E-state index contributed by atoms with van der Waals surface area (Å²) in [6.45, 7) is 0. The second-order valence-electron chi connectivity index (χ2n) is 9.79. The number of esters is 1. The second-order valence-corrected chi connectivity index (χ2v) is 9.79. The van der Waals surface area contributed by atoms with Gasteiger partial charge in [0.25, 0.3) is 0 Å². The highest BCUT2D eigenvalue weighted by molar-refractivity contribution is 5.84. The highest BCUT2D eigenvalue weighted by Crippen LogP contribution is 2.44. The third kappa shape index (κ3) is 5.45. The van der Waals surface area contributed by atoms with Gasteiger partial charge >= 0.3 is 5.97 Å². The molecule has 42 heavy (non-hydrogen) atoms. The molecule has 0 radical (unpaired) electrons. The molecule has 5 aromatic carbocycles. The molecule has 0 saturated heterocycles. The standard InChI is InChI=1S/C36H26N2O4/c37-23-31-34(26-15-10-18-28(21-26)40-27-16-8-3-9-17-27)30-20-19-29(22-32(30)42-35(31)38)41-36(39)33(24-11-4-1-5-12-24)25-13-6-2-7-14-25/h1-22,33-34H,38H2. The summed E-state index contributed by atoms with van der Waals surface area (Å²) in [7, 11) is 0. The van der Waals surface area contributed by atoms with Crippen LogP contribution in [0.25, 0.3) is 0 Å². The van der Waals surface area contributed by atoms with Crippen LogP contribution in [-0.2, 0) is 4.79 Å². The summed E-state index contributed by atoms with van der Waals surface area (Å²) in [6.07, 6.45) is 0. The fourth-order valence-corrected chi connectivity index (χ4v) is 5.16. The molecule has 1 aliphatic heterocycles. The minimum atomic E-state index is -0.611. The van der Waals surface area contributed by atoms with Crippen LogP contribution in [0.15, 0.2) is 145 Å². The Labute approximate surface area is 243 Å². The van der Waals surface area contributed by atoms with Crippen molar-refractivity contribution in [3.05, 3.63) is 167 Å². The lowest BCUT2D eigenvalue weighted by molar-refractivity contribution is -0.135. The average molecular weight is 551 g/mol. The Hall–Kier alpha value is -5.80. The van der Waals surface area contributed by atoms with E-state index in [1.807, 2.05) is 115 Å². The molecule has 0 bridgehead atoms. The Morgan fingerprint density at radius 2 is 1.36 bits per heavy atom. The van der Waals surface area contributed by atoms with Crippen LogP contribution in [0.3, 0.4) is 0 Å². The van der Waals surface area contributed by atoms with E-state index in [0.717, 1.165) is 22.3 Å². The van der Waals surface area contributed by atoms with E-state index in [1.54, 1.807) is 18.2 Å². The fraction of sp³-hybridized carbons (Fsp3) is 0.0556. The molecular formula is C36H26N2O4. The average Bonchev–Trinajstić information content (AvgIpc) is 3.02. The predicted octanol–water partition coefficient (Wildman–Crippen LogP) is 7.43. The number of hydrogen-bond acceptors (Lipinski definition) is 6. The third-order valence-corrected chi connectivity index (χ3v) is 7.08. The molecule has 204 valence electrons. The maximum Gasteiger partial charge on any atom is 0.323 e. The van der Waals surface area contributed by atoms with Gasteiger partial charge in [-0.05, 0) is 47.0 Å². The predicted molar refractivity (Wildman–Crippen MR) is 159 cm³/mol. The van der Waals surface area contributed by atoms with E-state index in [4.69, 9.17) is 19.9 Å². The zero-order valence-corrected chi connectivity index (χ0v) is 22.5. The van der Waals surface area contributed by atoms with E-state index in [-0.39, 0.29) is 11.5 Å². The minimum Gasteiger partial charge on any atom is -0.457 e. The van der Waals surface area contributed by atoms with Gasteiger partial charge in [0, 0.05) is 11.6 Å². The van der Waals surface area contributed by atoms with Gasteiger partial charge in [-0.3, -0.25) is 4.79 Å². The van der Waals surface area contributed by atoms with Gasteiger partial charge in [-0.1, -0.05) is 97.1 Å². The normalized spacial score (nSPS) is 14.0. The number of nitrogens with zero attached hydrogens (tertiary/aromatic N) is 1. The van der Waals surface area contributed by atoms with Crippen molar-refractivity contribution in [2.24, 2.45) is 5.73 Å². The Morgan fingerprint density at radius 1 is 0.738 bits per heavy atom. The molecule has 1 heterocycles. The fourth-order valence-electron chi connectivity index (χ4n) is 5.16. The monoisotopic (exact) mass is 550 g/mol. The quantitative estimate of drug-likeness (QED) is 0.167. The van der Waals surface area contributed by atoms with Gasteiger partial charge in [0.2, 0.25) is 5.88 Å². The maximum atomic E-state index is 13.6. The topological polar surface area (TPSA) is 94.6 Å². The molecule has 6 nitrogen and oxygen atoms in total. The van der Waals surface area contributed by atoms with Gasteiger partial charge in [-0.2, -0.15) is 5.26 Å². The molecular weight excluding hydrogens is 524 g/mol. The zero-order valence-electron chi connectivity index (χ0n) is 22.5. The maximum absolute atomic E-state index is 13.6. The number of ether oxygens (including phenoxy) is 3. The SMILES string of the molecule is N#CC1=C(N)Oc2cc(OC(=O)C(c3ccccc3)c3ccccc3)ccc2C1c1cccc(Oc2ccccc2)c1. The van der Waals surface area contributed by atoms with Crippen LogP contribution in [0.5, 0.6) is 23.0 Å². The van der Waals surface area contributed by atoms with E-state index < -0.39 is 17.8 Å². The smallest absolute Gasteiger partial charge is 0.323 e. The molecule has 1 unspecified atom stereocenters. The van der Waals surface area contributed by atoms with Crippen molar-refractivity contribution in [3.63, 3.8) is 0 Å². The first-order valence-corrected chi connectivity index (χ1v) is 13.5. The van der Waals surface area contributed by atoms with Crippen LogP contribution in [0, 0.1) is 11.3 Å². The van der Waals surface area contributed by atoms with E-state index in [9.17, 15) is 10.1 Å². The highest BCUT2D eigenvalue weighted by Gasteiger charge is 2.32. The number of para-hydroxylation sites is 1. The van der Waals surface area contributed by atoms with Crippen molar-refractivity contribution in [1.82, 2.24) is 0 Å². The molecule has 0 aliphatic carbocycles. The highest BCUT2D eigenvalue weighted by atomic mass is 16.5. The number of nitriles is 1. The Bertz CT molecular complexity index is 1760. The Kier molecular flexibility index (Phi) is 7.39. The van der Waals surface area contributed by atoms with E-state index in [1.165, 1.54) is 0 Å². The first kappa shape index (κ1) is 26.4. The number of hydrogen-bond donors (Lipinski definition) is 1. The van der Waals surface area contributed by atoms with Crippen LogP contribution >= 0.6 is 0 Å². The van der Waals surface area contributed by atoms with Crippen molar-refractivity contribution in [2.45, 2.75) is 11.8 Å². The van der Waals surface area contributed by atoms with Crippen molar-refractivity contribution >= 4 is 5.97 Å². The summed E-state index contributed by atoms with van der Waals surface area (Å²) >= 11 is 0. The largest absolute Gasteiger partial charge is 0.457 e. The summed E-state index contributed by atoms with van der Waals surface area (Å²) in [5.41, 5.74) is 9.71. The number of allylic oxidation sites excluding steroid dienone is 1. The number of carbonyl (C=O) groups excluding carboxylic acids is 1. The van der Waals surface area contributed by atoms with Crippen LogP contribution < -0.4 is 19.9 Å². The van der Waals surface area contributed by atoms with E-state index >= 15 is 0 Å². The van der Waals surface area contributed by atoms with Gasteiger partial charge in [0.1, 0.15) is 40.6 Å². The molecule has 6 rings (SSSR count). The number of carbonyl (C=O) groups is 1. The molecule has 6 heteroatoms. The molecule has 0 fully saturated rings. The molecule has 1 aliphatic rings. The zero-order chi connectivity index (χ0) is 28.9. The summed E-state index contributed by atoms with van der Waals surface area (Å²) in [6, 6.07) is 43.4. The lowest BCUT2D eigenvalue weighted by Crippen LogP contribution is -2.22. The molecule has 0 saturated carbocycles. The van der Waals surface area contributed by atoms with Crippen LogP contribution in [0.2, 0.25) is 0 Å². The summed E-state index contributed by atoms with van der Waals surface area (Å²) in [5, 5.41) is 10.0. The molecule has 0 amide bonds. The summed E-state index contributed by atoms with van der Waals surface area (Å²) in [4.78, 5) is 13.6. The van der Waals surface area contributed by atoms with Gasteiger partial charge in [-0.15, -0.1) is 0 Å². The first-order chi connectivity index (χ1) is 20.6. The Balaban J connectivity index is 1.32. The number of fused-ring (bicyclic) bond motifs is 1. The van der Waals surface area contributed by atoms with Gasteiger partial charge < -0.3 is 19.9 Å². The van der Waals surface area contributed by atoms with Crippen molar-refractivity contribution in [2.75, 3.05) is 0 Å². The second kappa shape index (κ2) is 11.7. The van der Waals surface area contributed by atoms with Crippen molar-refractivity contribution < 1.29 is 19.0 Å². The van der Waals surface area contributed by atoms with Crippen molar-refractivity contribution in [3.8, 4) is 29.1 Å². The van der Waals surface area contributed by atoms with E-state index in [2.05, 4.69) is 6.07 Å². The molecule has 0 spiro atoms. The first-order valence-electron chi connectivity index (χ1n) is 13.5. The molecule has 5 aromatic rings. The van der Waals surface area contributed by atoms with E-state index in [0.29, 0.717) is 23.0 Å². The van der Waals surface area contributed by atoms with Crippen molar-refractivity contribution in [1.29, 1.82) is 5.26 Å². The van der Waals surface area contributed by atoms with Gasteiger partial charge in [-0.25, -0.2) is 0 Å². The van der Waals surface area contributed by atoms with Gasteiger partial charge in [0.15, 0.2) is 0 Å². The number of rotatable bonds is 7. The van der Waals surface area contributed by atoms with Crippen LogP contribution in [0.1, 0.15) is 34.1 Å². The van der Waals surface area contributed by atoms with Gasteiger partial charge in [0.05, 0.1) is 5.92 Å². The molecule has 0 aromatic heterocycles. The lowest BCUT2D eigenvalue weighted by atomic mass is 9.83. The lowest BCUT2D eigenvalue weighted by Gasteiger charge is -2.27. The molecule has 1 atom stereocenters. The van der Waals surface area contributed by atoms with Crippen LogP contribution in [0.4, 0.5) is 0 Å². The summed E-state index contributed by atoms with van der Waals surface area (Å²) in [5.74, 6) is 0.514. The summed E-state index contributed by atoms with van der Waals surface area (Å²) < 4.78 is 17.8. The minimum absolute atomic E-state index is 0.000644. The third-order valence-electron chi connectivity index (χ3n) is 7.08. The number of nitrogens with two attached hydrogens (primary N) is 1.